The van der Waals surface area contributed by atoms with Crippen molar-refractivity contribution in [2.24, 2.45) is 5.73 Å². The molecule has 0 heterocycles. The van der Waals surface area contributed by atoms with Gasteiger partial charge in [-0.15, -0.1) is 0 Å². The lowest BCUT2D eigenvalue weighted by Crippen LogP contribution is -2.46. The van der Waals surface area contributed by atoms with Crippen molar-refractivity contribution < 1.29 is 22.7 Å². The van der Waals surface area contributed by atoms with Gasteiger partial charge in [-0.1, -0.05) is 37.1 Å². The predicted octanol–water partition coefficient (Wildman–Crippen LogP) is 2.92. The summed E-state index contributed by atoms with van der Waals surface area (Å²) in [6, 6.07) is 8.84. The van der Waals surface area contributed by atoms with Crippen LogP contribution in [0.5, 0.6) is 5.75 Å². The Hall–Kier alpha value is -2.98. The number of carbonyl (C=O) groups excluding carboxylic acids is 2. The number of ether oxygens (including phenoxy) is 1. The summed E-state index contributed by atoms with van der Waals surface area (Å²) in [6.07, 6.45) is 0.993. The number of anilines is 2. The molecular weight excluding hydrogens is 432 g/mol. The second kappa shape index (κ2) is 10.2. The number of hydrogen-bond donors (Lipinski definition) is 4. The summed E-state index contributed by atoms with van der Waals surface area (Å²) < 4.78 is 33.4. The fourth-order valence-electron chi connectivity index (χ4n) is 2.67. The van der Waals surface area contributed by atoms with Crippen LogP contribution in [0.2, 0.25) is 5.02 Å². The lowest BCUT2D eigenvalue weighted by Gasteiger charge is -2.18. The number of methoxy groups -OCH3 is 1. The molecule has 0 fully saturated rings. The Morgan fingerprint density at radius 1 is 1.20 bits per heavy atom. The molecule has 0 bridgehead atoms. The highest BCUT2D eigenvalue weighted by Crippen LogP contribution is 2.30. The first-order chi connectivity index (χ1) is 14.2. The zero-order valence-corrected chi connectivity index (χ0v) is 18.0. The Morgan fingerprint density at radius 2 is 1.90 bits per heavy atom. The minimum Gasteiger partial charge on any atom is -0.495 e. The second-order valence-corrected chi connectivity index (χ2v) is 8.35. The number of nitrogens with two attached hydrogens (primary N) is 1. The molecule has 5 N–H and O–H groups in total. The normalized spacial score (nSPS) is 12.0. The van der Waals surface area contributed by atoms with Crippen LogP contribution in [0, 0.1) is 0 Å². The molecule has 2 rings (SSSR count). The van der Waals surface area contributed by atoms with Gasteiger partial charge in [-0.3, -0.25) is 9.52 Å². The predicted molar refractivity (Wildman–Crippen MR) is 115 cm³/mol. The fourth-order valence-corrected chi connectivity index (χ4v) is 4.18. The number of hydrogen-bond acceptors (Lipinski definition) is 5. The summed E-state index contributed by atoms with van der Waals surface area (Å²) in [5, 5.41) is 5.18. The fraction of sp³-hybridized carbons (Fsp3) is 0.263. The molecule has 0 radical (unpaired) electrons. The summed E-state index contributed by atoms with van der Waals surface area (Å²) in [4.78, 5) is 23.4. The maximum Gasteiger partial charge on any atom is 0.312 e. The van der Waals surface area contributed by atoms with Crippen LogP contribution in [-0.2, 0) is 14.8 Å². The van der Waals surface area contributed by atoms with E-state index in [2.05, 4.69) is 15.4 Å². The van der Waals surface area contributed by atoms with Gasteiger partial charge in [-0.2, -0.15) is 0 Å². The molecule has 162 valence electrons. The molecule has 0 aliphatic heterocycles. The topological polar surface area (TPSA) is 140 Å². The first-order valence-electron chi connectivity index (χ1n) is 9.00. The molecule has 0 aromatic heterocycles. The highest BCUT2D eigenvalue weighted by atomic mass is 35.5. The molecule has 30 heavy (non-hydrogen) atoms. The first kappa shape index (κ1) is 23.3. The average Bonchev–Trinajstić information content (AvgIpc) is 2.69. The van der Waals surface area contributed by atoms with Crippen LogP contribution in [0.15, 0.2) is 47.4 Å². The molecule has 0 spiro atoms. The zero-order valence-electron chi connectivity index (χ0n) is 16.4. The van der Waals surface area contributed by atoms with Gasteiger partial charge in [0, 0.05) is 5.69 Å². The first-order valence-corrected chi connectivity index (χ1v) is 10.9. The van der Waals surface area contributed by atoms with Crippen molar-refractivity contribution in [1.82, 2.24) is 5.32 Å². The molecule has 11 heteroatoms. The van der Waals surface area contributed by atoms with E-state index in [0.29, 0.717) is 12.8 Å². The minimum atomic E-state index is -4.09. The van der Waals surface area contributed by atoms with E-state index in [0.717, 1.165) is 0 Å². The van der Waals surface area contributed by atoms with Gasteiger partial charge in [0.2, 0.25) is 5.91 Å². The molecule has 0 saturated heterocycles. The number of carbonyl (C=O) groups is 2. The van der Waals surface area contributed by atoms with Crippen LogP contribution >= 0.6 is 11.6 Å². The van der Waals surface area contributed by atoms with Crippen LogP contribution in [0.4, 0.5) is 16.2 Å². The van der Waals surface area contributed by atoms with Crippen molar-refractivity contribution in [3.63, 3.8) is 0 Å². The Kier molecular flexibility index (Phi) is 7.90. The lowest BCUT2D eigenvalue weighted by molar-refractivity contribution is -0.118. The smallest absolute Gasteiger partial charge is 0.312 e. The third-order valence-corrected chi connectivity index (χ3v) is 5.77. The van der Waals surface area contributed by atoms with E-state index in [1.165, 1.54) is 31.4 Å². The van der Waals surface area contributed by atoms with Gasteiger partial charge in [0.05, 0.1) is 17.8 Å². The Balaban J connectivity index is 2.33. The van der Waals surface area contributed by atoms with E-state index in [1.54, 1.807) is 18.2 Å². The van der Waals surface area contributed by atoms with Gasteiger partial charge < -0.3 is 21.1 Å². The van der Waals surface area contributed by atoms with Gasteiger partial charge >= 0.3 is 6.03 Å². The maximum atomic E-state index is 12.9. The number of primary amides is 1. The highest BCUT2D eigenvalue weighted by Gasteiger charge is 2.23. The van der Waals surface area contributed by atoms with Crippen molar-refractivity contribution in [3.8, 4) is 5.75 Å². The summed E-state index contributed by atoms with van der Waals surface area (Å²) in [6.45, 7) is 1.85. The summed E-state index contributed by atoms with van der Waals surface area (Å²) in [5.74, 6) is -0.448. The van der Waals surface area contributed by atoms with E-state index in [4.69, 9.17) is 22.1 Å². The molecule has 3 amide bonds. The van der Waals surface area contributed by atoms with Crippen LogP contribution in [0.1, 0.15) is 19.8 Å². The van der Waals surface area contributed by atoms with Gasteiger partial charge in [0.25, 0.3) is 10.0 Å². The molecule has 0 aliphatic carbocycles. The second-order valence-electron chi connectivity index (χ2n) is 6.29. The van der Waals surface area contributed by atoms with E-state index >= 15 is 0 Å². The highest BCUT2D eigenvalue weighted by molar-refractivity contribution is 7.92. The third-order valence-electron chi connectivity index (χ3n) is 4.05. The van der Waals surface area contributed by atoms with E-state index in [-0.39, 0.29) is 27.0 Å². The van der Waals surface area contributed by atoms with Crippen LogP contribution in [0.25, 0.3) is 0 Å². The summed E-state index contributed by atoms with van der Waals surface area (Å²) in [7, 11) is -2.76. The monoisotopic (exact) mass is 454 g/mol. The maximum absolute atomic E-state index is 12.9. The summed E-state index contributed by atoms with van der Waals surface area (Å²) in [5.41, 5.74) is 5.51. The largest absolute Gasteiger partial charge is 0.495 e. The molecule has 0 saturated carbocycles. The third kappa shape index (κ3) is 6.01. The number of para-hydroxylation sites is 1. The lowest BCUT2D eigenvalue weighted by atomic mass is 10.1. The van der Waals surface area contributed by atoms with E-state index in [9.17, 15) is 18.0 Å². The number of nitrogens with one attached hydrogen (secondary N) is 3. The number of rotatable bonds is 9. The zero-order chi connectivity index (χ0) is 22.3. The average molecular weight is 455 g/mol. The SMILES string of the molecule is CCC[C@@H](NC(N)=O)C(=O)Nc1ccc(OC)c(S(=O)(=O)Nc2ccccc2Cl)c1. The standard InChI is InChI=1S/C19H23ClN4O5S/c1-3-6-15(23-19(21)26)18(25)22-12-9-10-16(29-2)17(11-12)30(27,28)24-14-8-5-4-7-13(14)20/h4-5,7-11,15,24H,3,6H2,1-2H3,(H,22,25)(H3,21,23,26)/t15-/m1/s1. The molecular formula is C19H23ClN4O5S. The van der Waals surface area contributed by atoms with E-state index < -0.39 is 28.0 Å². The number of halogens is 1. The van der Waals surface area contributed by atoms with Gasteiger partial charge in [0.1, 0.15) is 16.7 Å². The van der Waals surface area contributed by atoms with Crippen molar-refractivity contribution in [3.05, 3.63) is 47.5 Å². The number of sulfonamides is 1. The van der Waals surface area contributed by atoms with Crippen molar-refractivity contribution in [1.29, 1.82) is 0 Å². The van der Waals surface area contributed by atoms with E-state index in [1.807, 2.05) is 6.92 Å². The van der Waals surface area contributed by atoms with Gasteiger partial charge in [0.15, 0.2) is 0 Å². The Bertz CT molecular complexity index is 1030. The van der Waals surface area contributed by atoms with Gasteiger partial charge in [-0.25, -0.2) is 13.2 Å². The van der Waals surface area contributed by atoms with Crippen molar-refractivity contribution in [2.45, 2.75) is 30.7 Å². The molecule has 0 aliphatic rings. The molecule has 2 aromatic rings. The quantitative estimate of drug-likeness (QED) is 0.461. The summed E-state index contributed by atoms with van der Waals surface area (Å²) >= 11 is 6.04. The van der Waals surface area contributed by atoms with Crippen molar-refractivity contribution >= 4 is 44.9 Å². The number of urea groups is 1. The van der Waals surface area contributed by atoms with Crippen molar-refractivity contribution in [2.75, 3.05) is 17.1 Å². The molecule has 0 unspecified atom stereocenters. The Morgan fingerprint density at radius 3 is 2.50 bits per heavy atom. The van der Waals surface area contributed by atoms with Crippen LogP contribution in [0.3, 0.4) is 0 Å². The molecule has 9 nitrogen and oxygen atoms in total. The van der Waals surface area contributed by atoms with Crippen LogP contribution in [-0.4, -0.2) is 33.5 Å². The Labute approximate surface area is 180 Å². The minimum absolute atomic E-state index is 0.0768. The van der Waals surface area contributed by atoms with Crippen LogP contribution < -0.4 is 25.8 Å². The molecule has 1 atom stereocenters. The van der Waals surface area contributed by atoms with Gasteiger partial charge in [-0.05, 0) is 36.8 Å². The number of amides is 3. The number of benzene rings is 2. The molecule has 2 aromatic carbocycles.